The van der Waals surface area contributed by atoms with E-state index in [-0.39, 0.29) is 21.5 Å². The summed E-state index contributed by atoms with van der Waals surface area (Å²) in [5.74, 6) is 0. The number of hydrogen-bond acceptors (Lipinski definition) is 0. The summed E-state index contributed by atoms with van der Waals surface area (Å²) in [7, 11) is 0. The minimum atomic E-state index is -0.143. The molecule has 5 heavy (non-hydrogen) atoms. The Balaban J connectivity index is 2.19. The number of hydrogen-bond donors (Lipinski definition) is 0. The van der Waals surface area contributed by atoms with Crippen LogP contribution in [0.1, 0.15) is 13.3 Å². The van der Waals surface area contributed by atoms with Crippen molar-refractivity contribution in [3.8, 4) is 0 Å². The Morgan fingerprint density at radius 3 is 2.40 bits per heavy atom. The van der Waals surface area contributed by atoms with Gasteiger partial charge in [-0.3, -0.25) is 0 Å². The molecule has 0 aliphatic rings. The molecule has 2 heteroatoms. The fourth-order valence-electron chi connectivity index (χ4n) is 0.0945. The molecule has 0 fully saturated rings. The Morgan fingerprint density at radius 1 is 1.80 bits per heavy atom. The summed E-state index contributed by atoms with van der Waals surface area (Å²) in [4.78, 5) is 0. The van der Waals surface area contributed by atoms with E-state index in [1.807, 2.05) is 0 Å². The van der Waals surface area contributed by atoms with Crippen molar-refractivity contribution in [1.29, 1.82) is 0 Å². The molecule has 0 aromatic heterocycles. The van der Waals surface area contributed by atoms with Gasteiger partial charge < -0.3 is 0 Å². The zero-order chi connectivity index (χ0) is 4.12. The summed E-state index contributed by atoms with van der Waals surface area (Å²) in [6, 6.07) is 0. The van der Waals surface area contributed by atoms with Crippen LogP contribution in [-0.4, -0.2) is 4.43 Å². The molecule has 1 N–H and O–H groups in total. The van der Waals surface area contributed by atoms with E-state index in [0.29, 0.717) is 0 Å². The van der Waals surface area contributed by atoms with Gasteiger partial charge in [0.25, 0.3) is 0 Å². The molecule has 0 spiro atoms. The summed E-state index contributed by atoms with van der Waals surface area (Å²) < 4.78 is 7.88. The first-order valence-corrected chi connectivity index (χ1v) is 4.27. The second-order valence-electron chi connectivity index (χ2n) is 0.823. The molecule has 33 valence electrons. The molecule has 0 amide bonds. The standard InChI is InChI=1S/C3H8IN/c1-2-3-4-5/h5H,2-3H2,1H3/q-1. The first-order chi connectivity index (χ1) is 2.41. The van der Waals surface area contributed by atoms with Gasteiger partial charge >= 0.3 is 43.2 Å². The molecule has 0 aromatic carbocycles. The maximum atomic E-state index is 6.71. The second-order valence-corrected chi connectivity index (χ2v) is 2.66. The van der Waals surface area contributed by atoms with Crippen LogP contribution in [0, 0.1) is 0 Å². The Labute approximate surface area is 43.6 Å². The monoisotopic (exact) mass is 185 g/mol. The third-order valence-corrected chi connectivity index (χ3v) is 1.90. The molecule has 0 aliphatic heterocycles. The van der Waals surface area contributed by atoms with E-state index in [4.69, 9.17) is 3.95 Å². The van der Waals surface area contributed by atoms with Gasteiger partial charge in [0, 0.05) is 0 Å². The zero-order valence-electron chi connectivity index (χ0n) is 3.29. The Bertz CT molecular complexity index is 14.4. The molecular weight excluding hydrogens is 177 g/mol. The van der Waals surface area contributed by atoms with Crippen LogP contribution in [0.2, 0.25) is 0 Å². The zero-order valence-corrected chi connectivity index (χ0v) is 5.45. The fraction of sp³-hybridized carbons (Fsp3) is 1.00. The van der Waals surface area contributed by atoms with Crippen molar-refractivity contribution in [2.45, 2.75) is 13.3 Å². The van der Waals surface area contributed by atoms with Gasteiger partial charge in [-0.25, -0.2) is 0 Å². The summed E-state index contributed by atoms with van der Waals surface area (Å²) in [6.07, 6.45) is 1.21. The van der Waals surface area contributed by atoms with Crippen LogP contribution < -0.4 is 25.4 Å². The topological polar surface area (TPSA) is 23.8 Å². The third kappa shape index (κ3) is 4.69. The van der Waals surface area contributed by atoms with Gasteiger partial charge in [-0.05, 0) is 0 Å². The first kappa shape index (κ1) is 5.69. The van der Waals surface area contributed by atoms with Crippen LogP contribution in [0.15, 0.2) is 0 Å². The van der Waals surface area contributed by atoms with Gasteiger partial charge in [-0.2, -0.15) is 0 Å². The number of nitrogens with one attached hydrogen (secondary N) is 1. The Hall–Kier alpha value is 0.690. The molecular formula is C3H8IN-. The van der Waals surface area contributed by atoms with Crippen molar-refractivity contribution in [1.82, 2.24) is 3.95 Å². The molecule has 0 rings (SSSR count). The molecule has 0 bridgehead atoms. The molecule has 1 nitrogen and oxygen atoms in total. The SMILES string of the molecule is CCC[I-][NH]. The van der Waals surface area contributed by atoms with E-state index in [0.717, 1.165) is 0 Å². The predicted molar refractivity (Wildman–Crippen MR) is 18.3 cm³/mol. The molecule has 0 heterocycles. The molecule has 0 saturated heterocycles. The predicted octanol–water partition coefficient (Wildman–Crippen LogP) is -2.32. The molecule has 0 saturated carbocycles. The van der Waals surface area contributed by atoms with Gasteiger partial charge in [0.05, 0.1) is 0 Å². The van der Waals surface area contributed by atoms with Crippen molar-refractivity contribution in [2.75, 3.05) is 4.43 Å². The van der Waals surface area contributed by atoms with E-state index < -0.39 is 0 Å². The Morgan fingerprint density at radius 2 is 2.40 bits per heavy atom. The van der Waals surface area contributed by atoms with Crippen molar-refractivity contribution in [3.05, 3.63) is 0 Å². The molecule has 0 atom stereocenters. The normalized spacial score (nSPS) is 9.20. The van der Waals surface area contributed by atoms with Crippen LogP contribution >= 0.6 is 0 Å². The van der Waals surface area contributed by atoms with Crippen molar-refractivity contribution in [3.63, 3.8) is 0 Å². The van der Waals surface area contributed by atoms with Gasteiger partial charge in [0.15, 0.2) is 0 Å². The minimum absolute atomic E-state index is 0.143. The molecule has 1 radical (unpaired) electrons. The average Bonchev–Trinajstić information content (AvgIpc) is 1.41. The van der Waals surface area contributed by atoms with Crippen LogP contribution in [0.25, 0.3) is 0 Å². The molecule has 0 aromatic rings. The summed E-state index contributed by atoms with van der Waals surface area (Å²) in [5.41, 5.74) is 0. The Kier molecular flexibility index (Phi) is 5.34. The average molecular weight is 185 g/mol. The quantitative estimate of drug-likeness (QED) is 0.341. The third-order valence-electron chi connectivity index (χ3n) is 0.283. The summed E-state index contributed by atoms with van der Waals surface area (Å²) in [5, 5.41) is 0. The molecule has 0 aliphatic carbocycles. The number of rotatable bonds is 2. The van der Waals surface area contributed by atoms with Gasteiger partial charge in [0.1, 0.15) is 0 Å². The van der Waals surface area contributed by atoms with E-state index in [9.17, 15) is 0 Å². The van der Waals surface area contributed by atoms with E-state index in [1.54, 1.807) is 0 Å². The number of halogens is 1. The van der Waals surface area contributed by atoms with E-state index in [2.05, 4.69) is 6.92 Å². The van der Waals surface area contributed by atoms with Gasteiger partial charge in [0.2, 0.25) is 0 Å². The van der Waals surface area contributed by atoms with Gasteiger partial charge in [-0.1, -0.05) is 0 Å². The van der Waals surface area contributed by atoms with Crippen molar-refractivity contribution in [2.24, 2.45) is 0 Å². The van der Waals surface area contributed by atoms with Crippen LogP contribution in [0.5, 0.6) is 0 Å². The van der Waals surface area contributed by atoms with E-state index in [1.165, 1.54) is 10.8 Å². The summed E-state index contributed by atoms with van der Waals surface area (Å²) in [6.45, 7) is 2.12. The second kappa shape index (κ2) is 4.69. The van der Waals surface area contributed by atoms with Crippen LogP contribution in [-0.2, 0) is 0 Å². The number of alkyl halides is 1. The summed E-state index contributed by atoms with van der Waals surface area (Å²) >= 11 is -0.143. The maximum absolute atomic E-state index is 6.71. The van der Waals surface area contributed by atoms with Crippen molar-refractivity contribution < 1.29 is 21.5 Å². The fourth-order valence-corrected chi connectivity index (χ4v) is 0.634. The molecule has 0 unspecified atom stereocenters. The van der Waals surface area contributed by atoms with Crippen LogP contribution in [0.3, 0.4) is 0 Å². The van der Waals surface area contributed by atoms with Crippen molar-refractivity contribution >= 4 is 0 Å². The van der Waals surface area contributed by atoms with Crippen LogP contribution in [0.4, 0.5) is 0 Å². The van der Waals surface area contributed by atoms with Gasteiger partial charge in [-0.15, -0.1) is 0 Å². The first-order valence-electron chi connectivity index (χ1n) is 1.66. The van der Waals surface area contributed by atoms with E-state index >= 15 is 0 Å².